The van der Waals surface area contributed by atoms with Crippen LogP contribution in [0.4, 0.5) is 11.6 Å². The number of nitrogen functional groups attached to an aromatic ring is 1. The molecular weight excluding hydrogens is 238 g/mol. The van der Waals surface area contributed by atoms with Crippen molar-refractivity contribution in [3.63, 3.8) is 0 Å². The van der Waals surface area contributed by atoms with E-state index in [1.165, 1.54) is 32.1 Å². The van der Waals surface area contributed by atoms with Gasteiger partial charge in [0, 0.05) is 19.2 Å². The summed E-state index contributed by atoms with van der Waals surface area (Å²) in [6.07, 6.45) is 6.48. The van der Waals surface area contributed by atoms with E-state index in [-0.39, 0.29) is 0 Å². The van der Waals surface area contributed by atoms with Gasteiger partial charge in [-0.05, 0) is 38.5 Å². The first kappa shape index (κ1) is 14.1. The highest BCUT2D eigenvalue weighted by atomic mass is 15.3. The molecule has 0 radical (unpaired) electrons. The van der Waals surface area contributed by atoms with Crippen molar-refractivity contribution in [3.05, 3.63) is 11.9 Å². The largest absolute Gasteiger partial charge is 0.357 e. The van der Waals surface area contributed by atoms with E-state index < -0.39 is 0 Å². The van der Waals surface area contributed by atoms with Gasteiger partial charge in [-0.15, -0.1) is 0 Å². The SMILES string of the molecule is CCC1CCC(N(C)c2cc(NN)nc(C)n2)CC1. The van der Waals surface area contributed by atoms with Gasteiger partial charge in [-0.2, -0.15) is 0 Å². The molecule has 5 nitrogen and oxygen atoms in total. The van der Waals surface area contributed by atoms with E-state index in [0.717, 1.165) is 17.6 Å². The third kappa shape index (κ3) is 3.35. The van der Waals surface area contributed by atoms with Crippen LogP contribution in [0, 0.1) is 12.8 Å². The first-order valence-electron chi connectivity index (χ1n) is 7.19. The molecule has 0 atom stereocenters. The van der Waals surface area contributed by atoms with Gasteiger partial charge >= 0.3 is 0 Å². The Bertz CT molecular complexity index is 412. The number of aryl methyl sites for hydroxylation is 1. The third-order valence-corrected chi connectivity index (χ3v) is 4.28. The molecule has 1 aromatic rings. The first-order valence-corrected chi connectivity index (χ1v) is 7.19. The molecule has 1 fully saturated rings. The maximum Gasteiger partial charge on any atom is 0.145 e. The lowest BCUT2D eigenvalue weighted by atomic mass is 9.84. The van der Waals surface area contributed by atoms with Crippen molar-refractivity contribution in [1.29, 1.82) is 0 Å². The van der Waals surface area contributed by atoms with Crippen molar-refractivity contribution in [1.82, 2.24) is 9.97 Å². The Morgan fingerprint density at radius 2 is 2.00 bits per heavy atom. The molecule has 1 saturated carbocycles. The predicted molar refractivity (Wildman–Crippen MR) is 79.0 cm³/mol. The van der Waals surface area contributed by atoms with Crippen LogP contribution in [0.25, 0.3) is 0 Å². The minimum absolute atomic E-state index is 0.586. The highest BCUT2D eigenvalue weighted by molar-refractivity contribution is 5.49. The molecule has 2 rings (SSSR count). The zero-order valence-corrected chi connectivity index (χ0v) is 12.2. The van der Waals surface area contributed by atoms with Crippen LogP contribution in [0.2, 0.25) is 0 Å². The smallest absolute Gasteiger partial charge is 0.145 e. The summed E-state index contributed by atoms with van der Waals surface area (Å²) in [5, 5.41) is 0. The van der Waals surface area contributed by atoms with Crippen LogP contribution in [0.3, 0.4) is 0 Å². The highest BCUT2D eigenvalue weighted by Gasteiger charge is 2.24. The van der Waals surface area contributed by atoms with Crippen LogP contribution in [0.1, 0.15) is 44.9 Å². The summed E-state index contributed by atoms with van der Waals surface area (Å²) in [5.74, 6) is 8.74. The lowest BCUT2D eigenvalue weighted by Crippen LogP contribution is -2.35. The Morgan fingerprint density at radius 3 is 2.58 bits per heavy atom. The maximum atomic E-state index is 5.44. The molecule has 0 saturated heterocycles. The quantitative estimate of drug-likeness (QED) is 0.645. The molecule has 3 N–H and O–H groups in total. The predicted octanol–water partition coefficient (Wildman–Crippen LogP) is 2.48. The van der Waals surface area contributed by atoms with Crippen LogP contribution >= 0.6 is 0 Å². The van der Waals surface area contributed by atoms with Gasteiger partial charge in [0.1, 0.15) is 17.5 Å². The van der Waals surface area contributed by atoms with E-state index >= 15 is 0 Å². The standard InChI is InChI=1S/C14H25N5/c1-4-11-5-7-12(8-6-11)19(3)14-9-13(18-15)16-10(2)17-14/h9,11-12H,4-8,15H2,1-3H3,(H,16,17,18). The minimum atomic E-state index is 0.586. The van der Waals surface area contributed by atoms with Crippen molar-refractivity contribution in [2.75, 3.05) is 17.4 Å². The number of nitrogens with two attached hydrogens (primary N) is 1. The van der Waals surface area contributed by atoms with Crippen molar-refractivity contribution >= 4 is 11.6 Å². The normalized spacial score (nSPS) is 23.2. The molecule has 1 aliphatic carbocycles. The number of hydrogen-bond acceptors (Lipinski definition) is 5. The average molecular weight is 263 g/mol. The Hall–Kier alpha value is -1.36. The molecule has 1 heterocycles. The lowest BCUT2D eigenvalue weighted by molar-refractivity contribution is 0.313. The summed E-state index contributed by atoms with van der Waals surface area (Å²) in [7, 11) is 2.12. The van der Waals surface area contributed by atoms with Gasteiger partial charge in [0.05, 0.1) is 0 Å². The summed E-state index contributed by atoms with van der Waals surface area (Å²) in [6.45, 7) is 4.19. The van der Waals surface area contributed by atoms with Gasteiger partial charge in [-0.1, -0.05) is 13.3 Å². The van der Waals surface area contributed by atoms with Crippen molar-refractivity contribution in [2.45, 2.75) is 52.0 Å². The zero-order valence-electron chi connectivity index (χ0n) is 12.2. The Balaban J connectivity index is 2.07. The van der Waals surface area contributed by atoms with Crippen molar-refractivity contribution in [2.24, 2.45) is 11.8 Å². The third-order valence-electron chi connectivity index (χ3n) is 4.28. The second-order valence-electron chi connectivity index (χ2n) is 5.50. The number of hydrazine groups is 1. The molecule has 0 aliphatic heterocycles. The number of hydrogen-bond donors (Lipinski definition) is 2. The molecule has 0 spiro atoms. The molecule has 19 heavy (non-hydrogen) atoms. The second-order valence-corrected chi connectivity index (χ2v) is 5.50. The lowest BCUT2D eigenvalue weighted by Gasteiger charge is -2.35. The summed E-state index contributed by atoms with van der Waals surface area (Å²) in [6, 6.07) is 2.50. The molecule has 0 unspecified atom stereocenters. The zero-order chi connectivity index (χ0) is 13.8. The van der Waals surface area contributed by atoms with E-state index in [9.17, 15) is 0 Å². The van der Waals surface area contributed by atoms with Crippen LogP contribution in [0.5, 0.6) is 0 Å². The maximum absolute atomic E-state index is 5.44. The van der Waals surface area contributed by atoms with E-state index in [4.69, 9.17) is 5.84 Å². The summed E-state index contributed by atoms with van der Waals surface area (Å²) >= 11 is 0. The molecule has 106 valence electrons. The van der Waals surface area contributed by atoms with E-state index in [2.05, 4.69) is 34.3 Å². The topological polar surface area (TPSA) is 67.1 Å². The number of anilines is 2. The molecule has 0 bridgehead atoms. The summed E-state index contributed by atoms with van der Waals surface area (Å²) in [4.78, 5) is 11.0. The Morgan fingerprint density at radius 1 is 1.32 bits per heavy atom. The van der Waals surface area contributed by atoms with E-state index in [1.54, 1.807) is 0 Å². The number of nitrogens with zero attached hydrogens (tertiary/aromatic N) is 3. The second kappa shape index (κ2) is 6.19. The summed E-state index contributed by atoms with van der Waals surface area (Å²) < 4.78 is 0. The molecule has 5 heteroatoms. The molecule has 1 aromatic heterocycles. The Kier molecular flexibility index (Phi) is 4.58. The van der Waals surface area contributed by atoms with Gasteiger partial charge in [0.25, 0.3) is 0 Å². The van der Waals surface area contributed by atoms with Gasteiger partial charge in [-0.25, -0.2) is 15.8 Å². The molecular formula is C14H25N5. The van der Waals surface area contributed by atoms with Crippen molar-refractivity contribution in [3.8, 4) is 0 Å². The Labute approximate surface area is 115 Å². The average Bonchev–Trinajstić information content (AvgIpc) is 2.46. The van der Waals surface area contributed by atoms with Crippen LogP contribution < -0.4 is 16.2 Å². The van der Waals surface area contributed by atoms with E-state index in [1.807, 2.05) is 13.0 Å². The monoisotopic (exact) mass is 263 g/mol. The van der Waals surface area contributed by atoms with Crippen LogP contribution in [0.15, 0.2) is 6.07 Å². The summed E-state index contributed by atoms with van der Waals surface area (Å²) in [5.41, 5.74) is 2.60. The fraction of sp³-hybridized carbons (Fsp3) is 0.714. The van der Waals surface area contributed by atoms with Gasteiger partial charge in [0.15, 0.2) is 0 Å². The van der Waals surface area contributed by atoms with Gasteiger partial charge in [0.2, 0.25) is 0 Å². The van der Waals surface area contributed by atoms with Gasteiger partial charge < -0.3 is 10.3 Å². The van der Waals surface area contributed by atoms with Crippen LogP contribution in [-0.2, 0) is 0 Å². The fourth-order valence-electron chi connectivity index (χ4n) is 2.93. The number of aromatic nitrogens is 2. The first-order chi connectivity index (χ1) is 9.13. The minimum Gasteiger partial charge on any atom is -0.357 e. The number of rotatable bonds is 4. The van der Waals surface area contributed by atoms with Crippen molar-refractivity contribution < 1.29 is 0 Å². The molecule has 0 aromatic carbocycles. The van der Waals surface area contributed by atoms with Crippen LogP contribution in [-0.4, -0.2) is 23.1 Å². The van der Waals surface area contributed by atoms with E-state index in [0.29, 0.717) is 11.9 Å². The molecule has 1 aliphatic rings. The molecule has 0 amide bonds. The highest BCUT2D eigenvalue weighted by Crippen LogP contribution is 2.30. The number of nitrogens with one attached hydrogen (secondary N) is 1. The fourth-order valence-corrected chi connectivity index (χ4v) is 2.93. The van der Waals surface area contributed by atoms with Gasteiger partial charge in [-0.3, -0.25) is 0 Å².